The third-order valence-corrected chi connectivity index (χ3v) is 7.66. The van der Waals surface area contributed by atoms with Crippen LogP contribution >= 0.6 is 7.60 Å². The van der Waals surface area contributed by atoms with Gasteiger partial charge in [-0.05, 0) is 38.1 Å². The highest BCUT2D eigenvalue weighted by atomic mass is 32.2. The molecule has 0 heterocycles. The quantitative estimate of drug-likeness (QED) is 0.556. The smallest absolute Gasteiger partial charge is 0.370 e. The summed E-state index contributed by atoms with van der Waals surface area (Å²) in [5.41, 5.74) is 0.647. The lowest BCUT2D eigenvalue weighted by Gasteiger charge is -2.20. The Hall–Kier alpha value is -1.72. The zero-order valence-electron chi connectivity index (χ0n) is 15.1. The number of para-hydroxylation sites is 1. The van der Waals surface area contributed by atoms with Crippen LogP contribution in [0.1, 0.15) is 19.4 Å². The van der Waals surface area contributed by atoms with E-state index in [1.165, 1.54) is 0 Å². The van der Waals surface area contributed by atoms with Crippen molar-refractivity contribution in [1.82, 2.24) is 0 Å². The third kappa shape index (κ3) is 4.92. The van der Waals surface area contributed by atoms with Crippen molar-refractivity contribution in [2.45, 2.75) is 18.7 Å². The molecule has 1 atom stereocenters. The molecule has 0 saturated carbocycles. The predicted octanol–water partition coefficient (Wildman–Crippen LogP) is 5.07. The summed E-state index contributed by atoms with van der Waals surface area (Å²) in [5, 5.41) is 0. The maximum absolute atomic E-state index is 13.4. The van der Waals surface area contributed by atoms with Crippen LogP contribution in [0, 0.1) is 0 Å². The normalized spacial score (nSPS) is 13.4. The molecule has 2 aromatic carbocycles. The van der Waals surface area contributed by atoms with Crippen molar-refractivity contribution in [2.75, 3.05) is 20.3 Å². The van der Waals surface area contributed by atoms with Gasteiger partial charge in [0.05, 0.1) is 31.1 Å². The lowest BCUT2D eigenvalue weighted by atomic mass is 10.2. The first-order valence-corrected chi connectivity index (χ1v) is 11.0. The molecule has 2 rings (SSSR count). The van der Waals surface area contributed by atoms with Crippen LogP contribution in [0.25, 0.3) is 6.08 Å². The molecule has 0 bridgehead atoms. The van der Waals surface area contributed by atoms with E-state index in [-0.39, 0.29) is 17.9 Å². The van der Waals surface area contributed by atoms with Gasteiger partial charge in [0.15, 0.2) is 0 Å². The molecule has 2 aromatic rings. The van der Waals surface area contributed by atoms with Crippen molar-refractivity contribution in [3.05, 3.63) is 64.8 Å². The standard InChI is InChI=1S/C19H23O5PS/c1-4-23-25(20,24-5-2)19(26(21)17-12-7-6-8-13-17)15-16-11-9-10-14-18(16)22-3/h6-15H,4-5H2,1-3H3/b19-15+. The van der Waals surface area contributed by atoms with Gasteiger partial charge in [0.1, 0.15) is 10.4 Å². The van der Waals surface area contributed by atoms with Crippen LogP contribution in [0.2, 0.25) is 0 Å². The lowest BCUT2D eigenvalue weighted by Crippen LogP contribution is -2.04. The van der Waals surface area contributed by atoms with Crippen molar-refractivity contribution < 1.29 is 22.6 Å². The molecule has 0 amide bonds. The van der Waals surface area contributed by atoms with Gasteiger partial charge in [-0.15, -0.1) is 0 Å². The van der Waals surface area contributed by atoms with E-state index in [2.05, 4.69) is 0 Å². The highest BCUT2D eigenvalue weighted by Crippen LogP contribution is 2.59. The SMILES string of the molecule is CCOP(=O)(OCC)/C(=C\c1ccccc1OC)S(=O)c1ccccc1. The van der Waals surface area contributed by atoms with Crippen LogP contribution in [0.4, 0.5) is 0 Å². The molecule has 0 fully saturated rings. The predicted molar refractivity (Wildman–Crippen MR) is 105 cm³/mol. The summed E-state index contributed by atoms with van der Waals surface area (Å²) in [4.78, 5) is 0.522. The monoisotopic (exact) mass is 394 g/mol. The van der Waals surface area contributed by atoms with Crippen LogP contribution in [0.15, 0.2) is 64.1 Å². The second kappa shape index (κ2) is 9.83. The minimum absolute atomic E-state index is 0.0944. The van der Waals surface area contributed by atoms with E-state index in [0.29, 0.717) is 16.2 Å². The zero-order chi connectivity index (χ0) is 19.0. The largest absolute Gasteiger partial charge is 0.496 e. The summed E-state index contributed by atoms with van der Waals surface area (Å²) < 4.78 is 42.9. The molecule has 0 aliphatic rings. The molecular formula is C19H23O5PS. The molecular weight excluding hydrogens is 371 g/mol. The molecule has 0 saturated heterocycles. The summed E-state index contributed by atoms with van der Waals surface area (Å²) in [5.74, 6) is 0.578. The van der Waals surface area contributed by atoms with E-state index in [1.807, 2.05) is 18.2 Å². The fourth-order valence-corrected chi connectivity index (χ4v) is 5.95. The molecule has 0 aliphatic heterocycles. The molecule has 1 unspecified atom stereocenters. The topological polar surface area (TPSA) is 61.8 Å². The maximum Gasteiger partial charge on any atom is 0.370 e. The van der Waals surface area contributed by atoms with E-state index in [0.717, 1.165) is 0 Å². The van der Waals surface area contributed by atoms with Gasteiger partial charge >= 0.3 is 7.60 Å². The minimum atomic E-state index is -3.74. The Labute approximate surface area is 157 Å². The minimum Gasteiger partial charge on any atom is -0.496 e. The average Bonchev–Trinajstić information content (AvgIpc) is 2.67. The van der Waals surface area contributed by atoms with Crippen LogP contribution in [-0.2, 0) is 24.4 Å². The molecule has 26 heavy (non-hydrogen) atoms. The van der Waals surface area contributed by atoms with Gasteiger partial charge in [0, 0.05) is 10.5 Å². The fraction of sp³-hybridized carbons (Fsp3) is 0.263. The average molecular weight is 394 g/mol. The summed E-state index contributed by atoms with van der Waals surface area (Å²) >= 11 is 0. The second-order valence-corrected chi connectivity index (χ2v) is 8.88. The molecule has 0 aliphatic carbocycles. The van der Waals surface area contributed by atoms with Gasteiger partial charge in [0.2, 0.25) is 0 Å². The van der Waals surface area contributed by atoms with Gasteiger partial charge in [-0.25, -0.2) is 4.21 Å². The molecule has 5 nitrogen and oxygen atoms in total. The van der Waals surface area contributed by atoms with Crippen molar-refractivity contribution >= 4 is 24.5 Å². The first-order chi connectivity index (χ1) is 12.6. The molecule has 0 N–H and O–H groups in total. The fourth-order valence-electron chi connectivity index (χ4n) is 2.32. The maximum atomic E-state index is 13.4. The molecule has 140 valence electrons. The highest BCUT2D eigenvalue weighted by Gasteiger charge is 2.35. The van der Waals surface area contributed by atoms with Gasteiger partial charge < -0.3 is 13.8 Å². The summed E-state index contributed by atoms with van der Waals surface area (Å²) in [7, 11) is -3.91. The number of rotatable bonds is 9. The number of hydrogen-bond donors (Lipinski definition) is 0. The van der Waals surface area contributed by atoms with Gasteiger partial charge in [-0.1, -0.05) is 36.4 Å². The summed E-state index contributed by atoms with van der Waals surface area (Å²) in [6.45, 7) is 3.79. The Bertz CT molecular complexity index is 810. The molecule has 0 aromatic heterocycles. The first-order valence-electron chi connectivity index (χ1n) is 8.27. The number of methoxy groups -OCH3 is 1. The first kappa shape index (κ1) is 20.6. The van der Waals surface area contributed by atoms with Crippen LogP contribution in [0.3, 0.4) is 0 Å². The third-order valence-electron chi connectivity index (χ3n) is 3.43. The Balaban J connectivity index is 2.63. The van der Waals surface area contributed by atoms with E-state index in [9.17, 15) is 8.77 Å². The number of hydrogen-bond acceptors (Lipinski definition) is 5. The summed E-state index contributed by atoms with van der Waals surface area (Å²) in [6.07, 6.45) is 1.58. The van der Waals surface area contributed by atoms with Crippen LogP contribution < -0.4 is 4.74 Å². The van der Waals surface area contributed by atoms with E-state index in [4.69, 9.17) is 13.8 Å². The highest BCUT2D eigenvalue weighted by molar-refractivity contribution is 7.98. The second-order valence-electron chi connectivity index (χ2n) is 5.14. The van der Waals surface area contributed by atoms with E-state index in [1.54, 1.807) is 63.4 Å². The Morgan fingerprint density at radius 2 is 1.58 bits per heavy atom. The van der Waals surface area contributed by atoms with Crippen molar-refractivity contribution in [1.29, 1.82) is 0 Å². The van der Waals surface area contributed by atoms with Crippen molar-refractivity contribution in [3.8, 4) is 5.75 Å². The van der Waals surface area contributed by atoms with Crippen LogP contribution in [0.5, 0.6) is 5.75 Å². The van der Waals surface area contributed by atoms with Crippen molar-refractivity contribution in [3.63, 3.8) is 0 Å². The van der Waals surface area contributed by atoms with Gasteiger partial charge in [0.25, 0.3) is 0 Å². The molecule has 0 radical (unpaired) electrons. The van der Waals surface area contributed by atoms with Gasteiger partial charge in [-0.3, -0.25) is 4.57 Å². The molecule has 0 spiro atoms. The number of benzene rings is 2. The van der Waals surface area contributed by atoms with E-state index >= 15 is 0 Å². The van der Waals surface area contributed by atoms with Crippen LogP contribution in [-0.4, -0.2) is 24.5 Å². The Morgan fingerprint density at radius 1 is 1.00 bits per heavy atom. The van der Waals surface area contributed by atoms with E-state index < -0.39 is 18.4 Å². The lowest BCUT2D eigenvalue weighted by molar-refractivity contribution is 0.228. The van der Waals surface area contributed by atoms with Gasteiger partial charge in [-0.2, -0.15) is 0 Å². The molecule has 7 heteroatoms. The van der Waals surface area contributed by atoms with Crippen molar-refractivity contribution in [2.24, 2.45) is 0 Å². The zero-order valence-corrected chi connectivity index (χ0v) is 16.8. The number of ether oxygens (including phenoxy) is 1. The summed E-state index contributed by atoms with van der Waals surface area (Å²) in [6, 6.07) is 16.0. The Morgan fingerprint density at radius 3 is 2.15 bits per heavy atom. The Kier molecular flexibility index (Phi) is 7.79.